The fourth-order valence-corrected chi connectivity index (χ4v) is 1.46. The number of aliphatic hydroxyl groups is 2. The Balaban J connectivity index is 3.88. The standard InChI is InChI=1S/C9H19Cl2NO2/c1-2-3-12(6-8(13)4-10)7-9(14)5-11/h8-9,13-14H,2-7H2,1H3. The highest BCUT2D eigenvalue weighted by Gasteiger charge is 2.13. The normalized spacial score (nSPS) is 15.9. The highest BCUT2D eigenvalue weighted by molar-refractivity contribution is 6.18. The summed E-state index contributed by atoms with van der Waals surface area (Å²) in [5.74, 6) is 0.439. The minimum absolute atomic E-state index is 0.219. The molecule has 14 heavy (non-hydrogen) atoms. The van der Waals surface area contributed by atoms with Gasteiger partial charge in [-0.2, -0.15) is 0 Å². The van der Waals surface area contributed by atoms with Crippen molar-refractivity contribution in [1.82, 2.24) is 4.90 Å². The summed E-state index contributed by atoms with van der Waals surface area (Å²) in [6.45, 7) is 3.87. The van der Waals surface area contributed by atoms with Crippen molar-refractivity contribution in [3.63, 3.8) is 0 Å². The molecule has 0 aliphatic rings. The lowest BCUT2D eigenvalue weighted by molar-refractivity contribution is 0.0862. The largest absolute Gasteiger partial charge is 0.391 e. The first-order valence-corrected chi connectivity index (χ1v) is 5.91. The van der Waals surface area contributed by atoms with E-state index < -0.39 is 12.2 Å². The molecule has 0 spiro atoms. The van der Waals surface area contributed by atoms with Crippen LogP contribution in [-0.2, 0) is 0 Å². The maximum absolute atomic E-state index is 9.35. The molecule has 0 saturated carbocycles. The van der Waals surface area contributed by atoms with Crippen LogP contribution in [0.3, 0.4) is 0 Å². The number of aliphatic hydroxyl groups excluding tert-OH is 2. The van der Waals surface area contributed by atoms with Gasteiger partial charge in [-0.05, 0) is 13.0 Å². The van der Waals surface area contributed by atoms with E-state index >= 15 is 0 Å². The molecule has 86 valence electrons. The molecular formula is C9H19Cl2NO2. The van der Waals surface area contributed by atoms with Gasteiger partial charge in [-0.25, -0.2) is 0 Å². The van der Waals surface area contributed by atoms with Crippen LogP contribution in [-0.4, -0.2) is 58.7 Å². The molecule has 0 aliphatic carbocycles. The first-order chi connectivity index (χ1) is 6.63. The van der Waals surface area contributed by atoms with E-state index in [0.29, 0.717) is 13.1 Å². The Bertz CT molecular complexity index is 126. The van der Waals surface area contributed by atoms with Crippen molar-refractivity contribution in [2.24, 2.45) is 0 Å². The van der Waals surface area contributed by atoms with Crippen LogP contribution in [0.1, 0.15) is 13.3 Å². The molecule has 0 amide bonds. The van der Waals surface area contributed by atoms with Gasteiger partial charge in [-0.1, -0.05) is 6.92 Å². The van der Waals surface area contributed by atoms with Gasteiger partial charge in [-0.3, -0.25) is 4.90 Å². The molecular weight excluding hydrogens is 225 g/mol. The molecule has 0 fully saturated rings. The number of alkyl halides is 2. The first-order valence-electron chi connectivity index (χ1n) is 4.84. The molecule has 0 aromatic heterocycles. The van der Waals surface area contributed by atoms with Gasteiger partial charge in [0, 0.05) is 24.8 Å². The van der Waals surface area contributed by atoms with Crippen molar-refractivity contribution < 1.29 is 10.2 Å². The second kappa shape index (κ2) is 8.74. The van der Waals surface area contributed by atoms with E-state index in [1.54, 1.807) is 0 Å². The molecule has 0 radical (unpaired) electrons. The van der Waals surface area contributed by atoms with Gasteiger partial charge >= 0.3 is 0 Å². The summed E-state index contributed by atoms with van der Waals surface area (Å²) >= 11 is 11.0. The van der Waals surface area contributed by atoms with Crippen LogP contribution in [0.2, 0.25) is 0 Å². The van der Waals surface area contributed by atoms with Crippen molar-refractivity contribution in [2.45, 2.75) is 25.6 Å². The molecule has 2 atom stereocenters. The average molecular weight is 244 g/mol. The molecule has 5 heteroatoms. The Morgan fingerprint density at radius 3 is 1.79 bits per heavy atom. The summed E-state index contributed by atoms with van der Waals surface area (Å²) in [4.78, 5) is 1.97. The lowest BCUT2D eigenvalue weighted by atomic mass is 10.3. The third kappa shape index (κ3) is 6.85. The summed E-state index contributed by atoms with van der Waals surface area (Å²) in [6.07, 6.45) is -0.0965. The highest BCUT2D eigenvalue weighted by atomic mass is 35.5. The minimum atomic E-state index is -0.536. The van der Waals surface area contributed by atoms with Gasteiger partial charge in [0.2, 0.25) is 0 Å². The average Bonchev–Trinajstić information content (AvgIpc) is 2.17. The molecule has 0 heterocycles. The van der Waals surface area contributed by atoms with E-state index in [1.165, 1.54) is 0 Å². The smallest absolute Gasteiger partial charge is 0.0802 e. The summed E-state index contributed by atoms with van der Waals surface area (Å²) in [5, 5.41) is 18.7. The highest BCUT2D eigenvalue weighted by Crippen LogP contribution is 2.00. The summed E-state index contributed by atoms with van der Waals surface area (Å²) in [6, 6.07) is 0. The number of hydrogen-bond acceptors (Lipinski definition) is 3. The SMILES string of the molecule is CCCN(CC(O)CCl)CC(O)CCl. The van der Waals surface area contributed by atoms with Gasteiger partial charge in [0.15, 0.2) is 0 Å². The molecule has 0 aromatic carbocycles. The van der Waals surface area contributed by atoms with Crippen LogP contribution in [0.15, 0.2) is 0 Å². The molecule has 0 saturated heterocycles. The third-order valence-corrected chi connectivity index (χ3v) is 2.55. The quantitative estimate of drug-likeness (QED) is 0.623. The third-order valence-electron chi connectivity index (χ3n) is 1.83. The van der Waals surface area contributed by atoms with Crippen molar-refractivity contribution in [3.8, 4) is 0 Å². The van der Waals surface area contributed by atoms with Crippen LogP contribution in [0, 0.1) is 0 Å². The van der Waals surface area contributed by atoms with E-state index in [1.807, 2.05) is 11.8 Å². The van der Waals surface area contributed by atoms with E-state index in [4.69, 9.17) is 23.2 Å². The van der Waals surface area contributed by atoms with E-state index in [9.17, 15) is 10.2 Å². The van der Waals surface area contributed by atoms with Crippen molar-refractivity contribution in [3.05, 3.63) is 0 Å². The zero-order chi connectivity index (χ0) is 11.0. The maximum atomic E-state index is 9.35. The zero-order valence-corrected chi connectivity index (χ0v) is 10.0. The molecule has 2 N–H and O–H groups in total. The summed E-state index contributed by atoms with van der Waals surface area (Å²) in [5.41, 5.74) is 0. The van der Waals surface area contributed by atoms with Crippen molar-refractivity contribution >= 4 is 23.2 Å². The zero-order valence-electron chi connectivity index (χ0n) is 8.49. The Kier molecular flexibility index (Phi) is 9.03. The Labute approximate surface area is 95.6 Å². The van der Waals surface area contributed by atoms with Crippen LogP contribution in [0.4, 0.5) is 0 Å². The number of halogens is 2. The Hall–Kier alpha value is 0.460. The van der Waals surface area contributed by atoms with Crippen molar-refractivity contribution in [2.75, 3.05) is 31.4 Å². The molecule has 0 rings (SSSR count). The fourth-order valence-electron chi connectivity index (χ4n) is 1.27. The minimum Gasteiger partial charge on any atom is -0.391 e. The van der Waals surface area contributed by atoms with E-state index in [0.717, 1.165) is 13.0 Å². The summed E-state index contributed by atoms with van der Waals surface area (Å²) < 4.78 is 0. The van der Waals surface area contributed by atoms with Gasteiger partial charge in [0.05, 0.1) is 12.2 Å². The monoisotopic (exact) mass is 243 g/mol. The maximum Gasteiger partial charge on any atom is 0.0802 e. The predicted octanol–water partition coefficient (Wildman–Crippen LogP) is 0.898. The van der Waals surface area contributed by atoms with Gasteiger partial charge < -0.3 is 10.2 Å². The topological polar surface area (TPSA) is 43.7 Å². The van der Waals surface area contributed by atoms with Gasteiger partial charge in [-0.15, -0.1) is 23.2 Å². The van der Waals surface area contributed by atoms with Crippen LogP contribution < -0.4 is 0 Å². The second-order valence-corrected chi connectivity index (χ2v) is 3.99. The number of rotatable bonds is 8. The predicted molar refractivity (Wildman–Crippen MR) is 60.2 cm³/mol. The molecule has 0 bridgehead atoms. The lowest BCUT2D eigenvalue weighted by Gasteiger charge is -2.25. The summed E-state index contributed by atoms with van der Waals surface area (Å²) in [7, 11) is 0. The number of hydrogen-bond donors (Lipinski definition) is 2. The van der Waals surface area contributed by atoms with Gasteiger partial charge in [0.25, 0.3) is 0 Å². The van der Waals surface area contributed by atoms with E-state index in [-0.39, 0.29) is 11.8 Å². The first kappa shape index (κ1) is 14.5. The fraction of sp³-hybridized carbons (Fsp3) is 1.00. The van der Waals surface area contributed by atoms with Crippen LogP contribution in [0.25, 0.3) is 0 Å². The van der Waals surface area contributed by atoms with Crippen LogP contribution >= 0.6 is 23.2 Å². The van der Waals surface area contributed by atoms with Crippen LogP contribution in [0.5, 0.6) is 0 Å². The lowest BCUT2D eigenvalue weighted by Crippen LogP contribution is -2.39. The Morgan fingerprint density at radius 2 is 1.50 bits per heavy atom. The number of nitrogens with zero attached hydrogens (tertiary/aromatic N) is 1. The second-order valence-electron chi connectivity index (χ2n) is 3.38. The molecule has 0 aliphatic heterocycles. The van der Waals surface area contributed by atoms with Crippen molar-refractivity contribution in [1.29, 1.82) is 0 Å². The molecule has 3 nitrogen and oxygen atoms in total. The molecule has 2 unspecified atom stereocenters. The Morgan fingerprint density at radius 1 is 1.07 bits per heavy atom. The van der Waals surface area contributed by atoms with Gasteiger partial charge in [0.1, 0.15) is 0 Å². The van der Waals surface area contributed by atoms with E-state index in [2.05, 4.69) is 0 Å². The molecule has 0 aromatic rings.